The maximum atomic E-state index is 8.64. The highest BCUT2D eigenvalue weighted by Crippen LogP contribution is 2.09. The summed E-state index contributed by atoms with van der Waals surface area (Å²) in [7, 11) is -1.39. The van der Waals surface area contributed by atoms with Gasteiger partial charge >= 0.3 is 7.12 Å². The lowest BCUT2D eigenvalue weighted by Gasteiger charge is -2.12. The minimum Gasteiger partial charge on any atom is -0.422 e. The molecule has 0 fully saturated rings. The third-order valence-electron chi connectivity index (χ3n) is 1.18. The van der Waals surface area contributed by atoms with Gasteiger partial charge in [-0.1, -0.05) is 15.9 Å². The lowest BCUT2D eigenvalue weighted by Crippen LogP contribution is -2.30. The van der Waals surface area contributed by atoms with Gasteiger partial charge in [-0.05, 0) is 12.2 Å². The molecule has 0 aliphatic carbocycles. The zero-order valence-electron chi connectivity index (χ0n) is 5.21. The quantitative estimate of drug-likeness (QED) is 0.516. The van der Waals surface area contributed by atoms with Crippen molar-refractivity contribution < 1.29 is 10.0 Å². The first-order valence-electron chi connectivity index (χ1n) is 2.86. The summed E-state index contributed by atoms with van der Waals surface area (Å²) in [6, 6.07) is 0. The van der Waals surface area contributed by atoms with Crippen molar-refractivity contribution in [3.8, 4) is 0 Å². The Hall–Kier alpha value is -0.255. The molecule has 0 saturated heterocycles. The van der Waals surface area contributed by atoms with E-state index in [1.54, 1.807) is 12.2 Å². The molecule has 0 radical (unpaired) electrons. The van der Waals surface area contributed by atoms with E-state index in [0.717, 1.165) is 4.48 Å². The molecule has 1 aliphatic rings. The fourth-order valence-electron chi connectivity index (χ4n) is 0.662. The monoisotopic (exact) mass is 203 g/mol. The maximum absolute atomic E-state index is 8.64. The van der Waals surface area contributed by atoms with E-state index in [-0.39, 0.29) is 0 Å². The number of dihydropyridines is 1. The van der Waals surface area contributed by atoms with Crippen molar-refractivity contribution in [1.82, 2.24) is 5.32 Å². The van der Waals surface area contributed by atoms with Crippen molar-refractivity contribution >= 4 is 23.0 Å². The number of hydrogen-bond acceptors (Lipinski definition) is 3. The zero-order chi connectivity index (χ0) is 7.56. The predicted octanol–water partition coefficient (Wildman–Crippen LogP) is -0.236. The van der Waals surface area contributed by atoms with E-state index in [2.05, 4.69) is 21.2 Å². The first-order chi connectivity index (χ1) is 4.70. The smallest absolute Gasteiger partial charge is 0.422 e. The van der Waals surface area contributed by atoms with Gasteiger partial charge in [-0.3, -0.25) is 0 Å². The van der Waals surface area contributed by atoms with Crippen LogP contribution in [0.4, 0.5) is 0 Å². The molecule has 10 heavy (non-hydrogen) atoms. The maximum Gasteiger partial charge on any atom is 0.505 e. The van der Waals surface area contributed by atoms with Crippen molar-refractivity contribution in [2.75, 3.05) is 6.54 Å². The molecule has 0 atom stereocenters. The summed E-state index contributed by atoms with van der Waals surface area (Å²) >= 11 is 3.26. The fraction of sp³-hybridized carbons (Fsp3) is 0.200. The van der Waals surface area contributed by atoms with E-state index >= 15 is 0 Å². The summed E-state index contributed by atoms with van der Waals surface area (Å²) in [5.41, 5.74) is 0.434. The van der Waals surface area contributed by atoms with E-state index in [4.69, 9.17) is 10.0 Å². The summed E-state index contributed by atoms with van der Waals surface area (Å²) in [6.45, 7) is 0.615. The van der Waals surface area contributed by atoms with Crippen molar-refractivity contribution in [3.63, 3.8) is 0 Å². The van der Waals surface area contributed by atoms with Crippen LogP contribution >= 0.6 is 15.9 Å². The van der Waals surface area contributed by atoms with Gasteiger partial charge in [0, 0.05) is 16.6 Å². The minimum absolute atomic E-state index is 0.434. The van der Waals surface area contributed by atoms with Crippen LogP contribution in [-0.2, 0) is 0 Å². The van der Waals surface area contributed by atoms with Gasteiger partial charge in [0.1, 0.15) is 0 Å². The Morgan fingerprint density at radius 1 is 1.50 bits per heavy atom. The van der Waals surface area contributed by atoms with Crippen molar-refractivity contribution in [3.05, 3.63) is 22.2 Å². The van der Waals surface area contributed by atoms with Crippen molar-refractivity contribution in [2.45, 2.75) is 0 Å². The van der Waals surface area contributed by atoms with Gasteiger partial charge in [-0.2, -0.15) is 0 Å². The summed E-state index contributed by atoms with van der Waals surface area (Å²) in [4.78, 5) is 0. The molecule has 0 bridgehead atoms. The van der Waals surface area contributed by atoms with E-state index < -0.39 is 7.12 Å². The molecule has 0 amide bonds. The zero-order valence-corrected chi connectivity index (χ0v) is 6.80. The summed E-state index contributed by atoms with van der Waals surface area (Å²) < 4.78 is 0.997. The second-order valence-electron chi connectivity index (χ2n) is 1.96. The van der Waals surface area contributed by atoms with E-state index in [1.165, 1.54) is 0 Å². The Morgan fingerprint density at radius 3 is 2.60 bits per heavy atom. The average molecular weight is 204 g/mol. The van der Waals surface area contributed by atoms with Crippen LogP contribution < -0.4 is 5.32 Å². The normalized spacial score (nSPS) is 17.1. The second kappa shape index (κ2) is 3.23. The Labute approximate surface area is 67.7 Å². The van der Waals surface area contributed by atoms with E-state index in [0.29, 0.717) is 12.1 Å². The van der Waals surface area contributed by atoms with Gasteiger partial charge in [-0.15, -0.1) is 0 Å². The molecule has 0 aromatic rings. The molecule has 3 N–H and O–H groups in total. The number of nitrogens with one attached hydrogen (secondary N) is 1. The molecule has 3 nitrogen and oxygen atoms in total. The van der Waals surface area contributed by atoms with Gasteiger partial charge in [0.05, 0.1) is 0 Å². The molecule has 1 rings (SSSR count). The first-order valence-corrected chi connectivity index (χ1v) is 3.65. The van der Waals surface area contributed by atoms with Crippen LogP contribution in [0.1, 0.15) is 0 Å². The largest absolute Gasteiger partial charge is 0.505 e. The number of halogens is 1. The predicted molar refractivity (Wildman–Crippen MR) is 43.3 cm³/mol. The molecule has 0 unspecified atom stereocenters. The Morgan fingerprint density at radius 2 is 2.20 bits per heavy atom. The number of rotatable bonds is 1. The van der Waals surface area contributed by atoms with Crippen LogP contribution in [0.25, 0.3) is 0 Å². The number of hydrogen-bond donors (Lipinski definition) is 3. The van der Waals surface area contributed by atoms with Crippen LogP contribution in [-0.4, -0.2) is 23.7 Å². The highest BCUT2D eigenvalue weighted by Gasteiger charge is 2.15. The summed E-state index contributed by atoms with van der Waals surface area (Å²) in [6.07, 6.45) is 3.41. The lowest BCUT2D eigenvalue weighted by molar-refractivity contribution is 0.414. The fourth-order valence-corrected chi connectivity index (χ4v) is 0.934. The standard InChI is InChI=1S/C5H7BBrNO2/c7-4-1-2-5(6(9)10)8-3-4/h1-2,8-10H,3H2. The van der Waals surface area contributed by atoms with Gasteiger partial charge in [-0.25, -0.2) is 0 Å². The van der Waals surface area contributed by atoms with Gasteiger partial charge < -0.3 is 15.4 Å². The van der Waals surface area contributed by atoms with Crippen LogP contribution in [0.3, 0.4) is 0 Å². The van der Waals surface area contributed by atoms with Crippen LogP contribution in [0.15, 0.2) is 22.2 Å². The minimum atomic E-state index is -1.39. The molecular weight excluding hydrogens is 197 g/mol. The Bertz CT molecular complexity index is 190. The van der Waals surface area contributed by atoms with Crippen LogP contribution in [0.2, 0.25) is 0 Å². The first kappa shape index (κ1) is 7.85. The molecule has 54 valence electrons. The molecule has 0 saturated carbocycles. The summed E-state index contributed by atoms with van der Waals surface area (Å²) in [5, 5.41) is 20.1. The highest BCUT2D eigenvalue weighted by atomic mass is 79.9. The van der Waals surface area contributed by atoms with Crippen molar-refractivity contribution in [2.24, 2.45) is 0 Å². The lowest BCUT2D eigenvalue weighted by atomic mass is 9.84. The Balaban J connectivity index is 2.64. The van der Waals surface area contributed by atoms with Gasteiger partial charge in [0.25, 0.3) is 0 Å². The van der Waals surface area contributed by atoms with Gasteiger partial charge in [0.15, 0.2) is 0 Å². The second-order valence-corrected chi connectivity index (χ2v) is 2.98. The van der Waals surface area contributed by atoms with Gasteiger partial charge in [0.2, 0.25) is 0 Å². The van der Waals surface area contributed by atoms with E-state index in [9.17, 15) is 0 Å². The SMILES string of the molecule is OB(O)C1=CC=C(Br)CN1. The third kappa shape index (κ3) is 1.87. The molecule has 0 spiro atoms. The van der Waals surface area contributed by atoms with Crippen LogP contribution in [0, 0.1) is 0 Å². The van der Waals surface area contributed by atoms with Crippen LogP contribution in [0.5, 0.6) is 0 Å². The Kier molecular flexibility index (Phi) is 2.53. The molecule has 5 heteroatoms. The molecule has 0 aromatic carbocycles. The topological polar surface area (TPSA) is 52.5 Å². The van der Waals surface area contributed by atoms with Crippen molar-refractivity contribution in [1.29, 1.82) is 0 Å². The molecule has 1 heterocycles. The van der Waals surface area contributed by atoms with E-state index in [1.807, 2.05) is 0 Å². The number of allylic oxidation sites excluding steroid dienone is 2. The average Bonchev–Trinajstić information content (AvgIpc) is 1.88. The highest BCUT2D eigenvalue weighted by molar-refractivity contribution is 9.11. The molecular formula is C5H7BBrNO2. The third-order valence-corrected chi connectivity index (χ3v) is 1.73. The summed E-state index contributed by atoms with van der Waals surface area (Å²) in [5.74, 6) is 0. The molecule has 0 aromatic heterocycles. The molecule has 1 aliphatic heterocycles.